The molecule has 3 heteroatoms. The number of nitrogens with one attached hydrogen (secondary N) is 1. The molecule has 1 aromatic rings. The van der Waals surface area contributed by atoms with E-state index in [0.29, 0.717) is 5.41 Å². The second-order valence-corrected chi connectivity index (χ2v) is 5.92. The van der Waals surface area contributed by atoms with Crippen LogP contribution >= 0.6 is 0 Å². The lowest BCUT2D eigenvalue weighted by Gasteiger charge is -2.39. The van der Waals surface area contributed by atoms with Gasteiger partial charge < -0.3 is 10.2 Å². The third kappa shape index (κ3) is 3.69. The Hall–Kier alpha value is -1.09. The highest BCUT2D eigenvalue weighted by Crippen LogP contribution is 2.35. The van der Waals surface area contributed by atoms with Crippen molar-refractivity contribution in [1.29, 1.82) is 0 Å². The average molecular weight is 261 g/mol. The number of hydrogen-bond acceptors (Lipinski definition) is 3. The maximum Gasteiger partial charge on any atom is 0.128 e. The van der Waals surface area contributed by atoms with Crippen molar-refractivity contribution >= 4 is 5.82 Å². The molecule has 1 aromatic heterocycles. The quantitative estimate of drug-likeness (QED) is 0.882. The highest BCUT2D eigenvalue weighted by atomic mass is 15.2. The predicted molar refractivity (Wildman–Crippen MR) is 81.5 cm³/mol. The van der Waals surface area contributed by atoms with Gasteiger partial charge in [-0.2, -0.15) is 0 Å². The van der Waals surface area contributed by atoms with E-state index >= 15 is 0 Å². The fourth-order valence-electron chi connectivity index (χ4n) is 2.62. The van der Waals surface area contributed by atoms with Gasteiger partial charge in [0.2, 0.25) is 0 Å². The third-order valence-electron chi connectivity index (χ3n) is 4.50. The summed E-state index contributed by atoms with van der Waals surface area (Å²) in [5.41, 5.74) is 1.68. The molecule has 19 heavy (non-hydrogen) atoms. The summed E-state index contributed by atoms with van der Waals surface area (Å²) in [5.74, 6) is 1.15. The zero-order valence-electron chi connectivity index (χ0n) is 12.6. The van der Waals surface area contributed by atoms with Gasteiger partial charge in [-0.05, 0) is 36.9 Å². The molecule has 0 spiro atoms. The summed E-state index contributed by atoms with van der Waals surface area (Å²) in [6, 6.07) is 6.37. The zero-order valence-corrected chi connectivity index (χ0v) is 12.6. The molecule has 0 unspecified atom stereocenters. The van der Waals surface area contributed by atoms with Gasteiger partial charge in [0.25, 0.3) is 0 Å². The van der Waals surface area contributed by atoms with E-state index in [2.05, 4.69) is 49.2 Å². The highest BCUT2D eigenvalue weighted by molar-refractivity contribution is 5.39. The predicted octanol–water partition coefficient (Wildman–Crippen LogP) is 3.21. The van der Waals surface area contributed by atoms with E-state index in [-0.39, 0.29) is 0 Å². The summed E-state index contributed by atoms with van der Waals surface area (Å²) in [7, 11) is 0. The molecule has 1 N–H and O–H groups in total. The smallest absolute Gasteiger partial charge is 0.128 e. The molecule has 2 heterocycles. The van der Waals surface area contributed by atoms with Gasteiger partial charge >= 0.3 is 0 Å². The van der Waals surface area contributed by atoms with Gasteiger partial charge in [-0.3, -0.25) is 0 Å². The second-order valence-electron chi connectivity index (χ2n) is 5.92. The van der Waals surface area contributed by atoms with Gasteiger partial charge in [0, 0.05) is 19.6 Å². The standard InChI is InChI=1S/C16H27N3/c1-4-16(3)9-11-19(12-10-16)15-8-6-7-14(18-15)13-17-5-2/h6-8,17H,4-5,9-13H2,1-3H3. The van der Waals surface area contributed by atoms with Crippen molar-refractivity contribution in [2.75, 3.05) is 24.5 Å². The topological polar surface area (TPSA) is 28.2 Å². The lowest BCUT2D eigenvalue weighted by atomic mass is 9.78. The van der Waals surface area contributed by atoms with E-state index in [4.69, 9.17) is 4.98 Å². The SMILES string of the molecule is CCNCc1cccc(N2CCC(C)(CC)CC2)n1. The van der Waals surface area contributed by atoms with E-state index in [1.807, 2.05) is 0 Å². The lowest BCUT2D eigenvalue weighted by Crippen LogP contribution is -2.38. The maximum atomic E-state index is 4.77. The minimum absolute atomic E-state index is 0.540. The monoisotopic (exact) mass is 261 g/mol. The van der Waals surface area contributed by atoms with Crippen LogP contribution in [0.4, 0.5) is 5.82 Å². The Kier molecular flexibility index (Phi) is 4.81. The lowest BCUT2D eigenvalue weighted by molar-refractivity contribution is 0.238. The van der Waals surface area contributed by atoms with Crippen LogP contribution in [-0.4, -0.2) is 24.6 Å². The molecule has 0 aromatic carbocycles. The molecule has 106 valence electrons. The van der Waals surface area contributed by atoms with E-state index in [1.54, 1.807) is 0 Å². The summed E-state index contributed by atoms with van der Waals surface area (Å²) in [5, 5.41) is 3.34. The number of pyridine rings is 1. The van der Waals surface area contributed by atoms with Crippen molar-refractivity contribution in [3.63, 3.8) is 0 Å². The molecule has 0 amide bonds. The minimum Gasteiger partial charge on any atom is -0.357 e. The summed E-state index contributed by atoms with van der Waals surface area (Å²) < 4.78 is 0. The second kappa shape index (κ2) is 6.38. The fourth-order valence-corrected chi connectivity index (χ4v) is 2.62. The number of rotatable bonds is 5. The number of hydrogen-bond donors (Lipinski definition) is 1. The van der Waals surface area contributed by atoms with Crippen LogP contribution in [-0.2, 0) is 6.54 Å². The molecule has 1 saturated heterocycles. The van der Waals surface area contributed by atoms with Crippen molar-refractivity contribution in [1.82, 2.24) is 10.3 Å². The zero-order chi connectivity index (χ0) is 13.7. The number of anilines is 1. The molecule has 1 fully saturated rings. The van der Waals surface area contributed by atoms with Crippen molar-refractivity contribution in [2.24, 2.45) is 5.41 Å². The van der Waals surface area contributed by atoms with Gasteiger partial charge in [0.15, 0.2) is 0 Å². The van der Waals surface area contributed by atoms with Crippen LogP contribution in [0.15, 0.2) is 18.2 Å². The maximum absolute atomic E-state index is 4.77. The number of aromatic nitrogens is 1. The summed E-state index contributed by atoms with van der Waals surface area (Å²) >= 11 is 0. The first-order chi connectivity index (χ1) is 9.17. The van der Waals surface area contributed by atoms with Crippen molar-refractivity contribution in [3.8, 4) is 0 Å². The molecule has 0 atom stereocenters. The van der Waals surface area contributed by atoms with Crippen molar-refractivity contribution < 1.29 is 0 Å². The molecular formula is C16H27N3. The van der Waals surface area contributed by atoms with E-state index < -0.39 is 0 Å². The minimum atomic E-state index is 0.540. The first kappa shape index (κ1) is 14.3. The highest BCUT2D eigenvalue weighted by Gasteiger charge is 2.28. The molecular weight excluding hydrogens is 234 g/mol. The van der Waals surface area contributed by atoms with Crippen molar-refractivity contribution in [3.05, 3.63) is 23.9 Å². The number of piperidine rings is 1. The van der Waals surface area contributed by atoms with E-state index in [0.717, 1.165) is 37.7 Å². The molecule has 0 bridgehead atoms. The van der Waals surface area contributed by atoms with Crippen LogP contribution in [0.25, 0.3) is 0 Å². The Bertz CT molecular complexity index is 395. The van der Waals surface area contributed by atoms with Crippen LogP contribution in [0.5, 0.6) is 0 Å². The van der Waals surface area contributed by atoms with Gasteiger partial charge in [-0.25, -0.2) is 4.98 Å². The Morgan fingerprint density at radius 3 is 2.63 bits per heavy atom. The average Bonchev–Trinajstić information content (AvgIpc) is 2.46. The summed E-state index contributed by atoms with van der Waals surface area (Å²) in [6.07, 6.45) is 3.85. The Balaban J connectivity index is 1.99. The molecule has 1 aliphatic heterocycles. The van der Waals surface area contributed by atoms with E-state index in [9.17, 15) is 0 Å². The molecule has 0 aliphatic carbocycles. The first-order valence-electron chi connectivity index (χ1n) is 7.58. The van der Waals surface area contributed by atoms with Crippen LogP contribution < -0.4 is 10.2 Å². The van der Waals surface area contributed by atoms with Gasteiger partial charge in [0.05, 0.1) is 5.69 Å². The Labute approximate surface area is 117 Å². The van der Waals surface area contributed by atoms with Crippen LogP contribution in [0.1, 0.15) is 45.7 Å². The number of nitrogens with zero attached hydrogens (tertiary/aromatic N) is 2. The molecule has 0 radical (unpaired) electrons. The largest absolute Gasteiger partial charge is 0.357 e. The van der Waals surface area contributed by atoms with E-state index in [1.165, 1.54) is 19.3 Å². The van der Waals surface area contributed by atoms with Crippen LogP contribution in [0, 0.1) is 5.41 Å². The molecule has 2 rings (SSSR count). The molecule has 3 nitrogen and oxygen atoms in total. The Morgan fingerprint density at radius 1 is 1.26 bits per heavy atom. The van der Waals surface area contributed by atoms with Crippen LogP contribution in [0.2, 0.25) is 0 Å². The molecule has 1 aliphatic rings. The Morgan fingerprint density at radius 2 is 2.00 bits per heavy atom. The van der Waals surface area contributed by atoms with Crippen molar-refractivity contribution in [2.45, 2.75) is 46.6 Å². The normalized spacial score (nSPS) is 18.6. The summed E-state index contributed by atoms with van der Waals surface area (Å²) in [4.78, 5) is 7.21. The van der Waals surface area contributed by atoms with Gasteiger partial charge in [-0.1, -0.05) is 33.3 Å². The summed E-state index contributed by atoms with van der Waals surface area (Å²) in [6.45, 7) is 11.0. The van der Waals surface area contributed by atoms with Gasteiger partial charge in [0.1, 0.15) is 5.82 Å². The first-order valence-corrected chi connectivity index (χ1v) is 7.58. The third-order valence-corrected chi connectivity index (χ3v) is 4.50. The molecule has 0 saturated carbocycles. The van der Waals surface area contributed by atoms with Gasteiger partial charge in [-0.15, -0.1) is 0 Å². The fraction of sp³-hybridized carbons (Fsp3) is 0.688. The van der Waals surface area contributed by atoms with Crippen LogP contribution in [0.3, 0.4) is 0 Å².